The van der Waals surface area contributed by atoms with Crippen LogP contribution in [0, 0.1) is 11.7 Å². The number of hydrogen-bond acceptors (Lipinski definition) is 4. The van der Waals surface area contributed by atoms with Crippen molar-refractivity contribution >= 4 is 17.4 Å². The maximum atomic E-state index is 13.8. The summed E-state index contributed by atoms with van der Waals surface area (Å²) in [4.78, 5) is 25.8. The molecule has 0 radical (unpaired) electrons. The lowest BCUT2D eigenvalue weighted by Gasteiger charge is -2.15. The summed E-state index contributed by atoms with van der Waals surface area (Å²) in [5, 5.41) is 10.2. The Morgan fingerprint density at radius 1 is 1.04 bits per heavy atom. The van der Waals surface area contributed by atoms with Gasteiger partial charge in [-0.3, -0.25) is 14.5 Å². The van der Waals surface area contributed by atoms with E-state index in [1.54, 1.807) is 30.3 Å². The summed E-state index contributed by atoms with van der Waals surface area (Å²) in [6, 6.07) is 12.5. The number of ether oxygens (including phenoxy) is 1. The molecule has 0 bridgehead atoms. The fourth-order valence-corrected chi connectivity index (χ4v) is 2.74. The summed E-state index contributed by atoms with van der Waals surface area (Å²) in [6.07, 6.45) is 0. The Morgan fingerprint density at radius 3 is 2.33 bits per heavy atom. The Hall–Kier alpha value is -3.15. The number of hydrogen-bond donors (Lipinski definition) is 1. The van der Waals surface area contributed by atoms with Crippen molar-refractivity contribution in [3.63, 3.8) is 0 Å². The normalized spacial score (nSPS) is 14.4. The number of aliphatic hydroxyl groups is 1. The molecular weight excluding hydrogens is 349 g/mol. The smallest absolute Gasteiger partial charge is 0.296 e. The van der Waals surface area contributed by atoms with Gasteiger partial charge >= 0.3 is 0 Å². The Kier molecular flexibility index (Phi) is 5.26. The third-order valence-corrected chi connectivity index (χ3v) is 4.16. The van der Waals surface area contributed by atoms with Gasteiger partial charge in [0.1, 0.15) is 11.6 Å². The van der Waals surface area contributed by atoms with E-state index >= 15 is 0 Å². The van der Waals surface area contributed by atoms with E-state index < -0.39 is 23.4 Å². The first kappa shape index (κ1) is 18.6. The maximum Gasteiger partial charge on any atom is 0.296 e. The number of carbonyl (C=O) groups excluding carboxylic acids is 2. The summed E-state index contributed by atoms with van der Waals surface area (Å²) < 4.78 is 19.4. The minimum atomic E-state index is -0.835. The average molecular weight is 369 g/mol. The van der Waals surface area contributed by atoms with Crippen LogP contribution in [0.4, 0.5) is 4.39 Å². The van der Waals surface area contributed by atoms with Gasteiger partial charge in [-0.05, 0) is 29.7 Å². The summed E-state index contributed by atoms with van der Waals surface area (Å²) in [7, 11) is 0. The van der Waals surface area contributed by atoms with Crippen LogP contribution in [0.2, 0.25) is 0 Å². The van der Waals surface area contributed by atoms with E-state index in [0.717, 1.165) is 4.90 Å². The van der Waals surface area contributed by atoms with E-state index in [1.807, 2.05) is 13.8 Å². The number of rotatable bonds is 6. The molecule has 0 fully saturated rings. The predicted molar refractivity (Wildman–Crippen MR) is 98.3 cm³/mol. The monoisotopic (exact) mass is 369 g/mol. The highest BCUT2D eigenvalue weighted by Gasteiger charge is 2.39. The summed E-state index contributed by atoms with van der Waals surface area (Å²) >= 11 is 0. The van der Waals surface area contributed by atoms with Crippen molar-refractivity contribution in [3.8, 4) is 5.75 Å². The third-order valence-electron chi connectivity index (χ3n) is 4.16. The Morgan fingerprint density at radius 2 is 1.70 bits per heavy atom. The highest BCUT2D eigenvalue weighted by atomic mass is 19.1. The van der Waals surface area contributed by atoms with Crippen molar-refractivity contribution in [2.75, 3.05) is 6.61 Å². The first-order chi connectivity index (χ1) is 12.9. The quantitative estimate of drug-likeness (QED) is 0.789. The second-order valence-electron chi connectivity index (χ2n) is 6.74. The van der Waals surface area contributed by atoms with Crippen LogP contribution in [0.5, 0.6) is 5.75 Å². The summed E-state index contributed by atoms with van der Waals surface area (Å²) in [6.45, 7) is 4.38. The van der Waals surface area contributed by atoms with Gasteiger partial charge < -0.3 is 9.84 Å². The minimum absolute atomic E-state index is 0.0910. The Balaban J connectivity index is 1.81. The molecule has 0 atom stereocenters. The van der Waals surface area contributed by atoms with E-state index in [0.29, 0.717) is 23.8 Å². The topological polar surface area (TPSA) is 66.8 Å². The molecule has 27 heavy (non-hydrogen) atoms. The van der Waals surface area contributed by atoms with Gasteiger partial charge in [0, 0.05) is 5.56 Å². The van der Waals surface area contributed by atoms with Crippen molar-refractivity contribution < 1.29 is 23.8 Å². The van der Waals surface area contributed by atoms with Crippen LogP contribution < -0.4 is 4.74 Å². The lowest BCUT2D eigenvalue weighted by atomic mass is 10.1. The second kappa shape index (κ2) is 7.61. The molecule has 1 N–H and O–H groups in total. The van der Waals surface area contributed by atoms with Crippen LogP contribution in [0.15, 0.2) is 54.3 Å². The standard InChI is InChI=1S/C21H20FNO4/c1-13(2)12-27-16-9-7-14(8-10-16)18-19(24)21(26)23(20(18)25)11-15-5-3-4-6-17(15)22/h3-10,13,24H,11-12H2,1-2H3. The zero-order chi connectivity index (χ0) is 19.6. The SMILES string of the molecule is CC(C)COc1ccc(C2=C(O)C(=O)N(Cc3ccccc3F)C2=O)cc1. The van der Waals surface area contributed by atoms with Gasteiger partial charge in [0.05, 0.1) is 18.7 Å². The number of imide groups is 1. The van der Waals surface area contributed by atoms with Crippen LogP contribution >= 0.6 is 0 Å². The molecule has 0 aliphatic carbocycles. The highest BCUT2D eigenvalue weighted by Crippen LogP contribution is 2.30. The second-order valence-corrected chi connectivity index (χ2v) is 6.74. The van der Waals surface area contributed by atoms with Crippen LogP contribution in [-0.2, 0) is 16.1 Å². The molecule has 2 aromatic rings. The minimum Gasteiger partial charge on any atom is -0.502 e. The van der Waals surface area contributed by atoms with Crippen molar-refractivity contribution in [1.29, 1.82) is 0 Å². The summed E-state index contributed by atoms with van der Waals surface area (Å²) in [5.74, 6) is -1.63. The van der Waals surface area contributed by atoms with Crippen molar-refractivity contribution in [2.45, 2.75) is 20.4 Å². The van der Waals surface area contributed by atoms with Gasteiger partial charge in [-0.2, -0.15) is 0 Å². The molecule has 0 unspecified atom stereocenters. The van der Waals surface area contributed by atoms with Crippen LogP contribution in [0.25, 0.3) is 5.57 Å². The van der Waals surface area contributed by atoms with Crippen LogP contribution in [0.3, 0.4) is 0 Å². The maximum absolute atomic E-state index is 13.8. The molecule has 140 valence electrons. The van der Waals surface area contributed by atoms with Crippen LogP contribution in [-0.4, -0.2) is 28.4 Å². The van der Waals surface area contributed by atoms with Gasteiger partial charge in [0.25, 0.3) is 11.8 Å². The number of aliphatic hydroxyl groups excluding tert-OH is 1. The highest BCUT2D eigenvalue weighted by molar-refractivity contribution is 6.34. The van der Waals surface area contributed by atoms with Gasteiger partial charge in [-0.1, -0.05) is 44.2 Å². The number of halogens is 1. The lowest BCUT2D eigenvalue weighted by Crippen LogP contribution is -2.31. The predicted octanol–water partition coefficient (Wildman–Crippen LogP) is 3.70. The molecule has 5 nitrogen and oxygen atoms in total. The zero-order valence-electron chi connectivity index (χ0n) is 15.1. The van der Waals surface area contributed by atoms with Gasteiger partial charge in [-0.25, -0.2) is 4.39 Å². The molecular formula is C21H20FNO4. The molecule has 2 amide bonds. The van der Waals surface area contributed by atoms with Gasteiger partial charge in [0.2, 0.25) is 0 Å². The molecule has 0 aromatic heterocycles. The number of amides is 2. The van der Waals surface area contributed by atoms with E-state index in [9.17, 15) is 19.1 Å². The average Bonchev–Trinajstić information content (AvgIpc) is 2.86. The molecule has 2 aromatic carbocycles. The number of nitrogens with zero attached hydrogens (tertiary/aromatic N) is 1. The van der Waals surface area contributed by atoms with Gasteiger partial charge in [-0.15, -0.1) is 0 Å². The molecule has 0 saturated carbocycles. The third kappa shape index (κ3) is 3.84. The first-order valence-corrected chi connectivity index (χ1v) is 8.64. The van der Waals surface area contributed by atoms with Crippen molar-refractivity contribution in [3.05, 3.63) is 71.2 Å². The lowest BCUT2D eigenvalue weighted by molar-refractivity contribution is -0.138. The molecule has 0 spiro atoms. The fourth-order valence-electron chi connectivity index (χ4n) is 2.74. The van der Waals surface area contributed by atoms with E-state index in [4.69, 9.17) is 4.74 Å². The number of benzene rings is 2. The largest absolute Gasteiger partial charge is 0.502 e. The van der Waals surface area contributed by atoms with E-state index in [-0.39, 0.29) is 17.7 Å². The molecule has 0 saturated heterocycles. The Labute approximate surface area is 156 Å². The van der Waals surface area contributed by atoms with Crippen molar-refractivity contribution in [2.24, 2.45) is 5.92 Å². The Bertz CT molecular complexity index is 903. The molecule has 1 heterocycles. The molecule has 6 heteroatoms. The summed E-state index contributed by atoms with van der Waals surface area (Å²) in [5.41, 5.74) is 0.510. The van der Waals surface area contributed by atoms with Crippen molar-refractivity contribution in [1.82, 2.24) is 4.90 Å². The zero-order valence-corrected chi connectivity index (χ0v) is 15.1. The fraction of sp³-hybridized carbons (Fsp3) is 0.238. The van der Waals surface area contributed by atoms with E-state index in [2.05, 4.69) is 0 Å². The first-order valence-electron chi connectivity index (χ1n) is 8.64. The van der Waals surface area contributed by atoms with Crippen LogP contribution in [0.1, 0.15) is 25.0 Å². The molecule has 3 rings (SSSR count). The molecule has 1 aliphatic heterocycles. The molecule has 1 aliphatic rings. The van der Waals surface area contributed by atoms with Gasteiger partial charge in [0.15, 0.2) is 5.76 Å². The number of carbonyl (C=O) groups is 2. The van der Waals surface area contributed by atoms with E-state index in [1.165, 1.54) is 18.2 Å².